The molecule has 0 radical (unpaired) electrons. The maximum atomic E-state index is 12.0. The van der Waals surface area contributed by atoms with Gasteiger partial charge in [-0.3, -0.25) is 9.69 Å². The monoisotopic (exact) mass is 370 g/mol. The van der Waals surface area contributed by atoms with Crippen LogP contribution in [0.2, 0.25) is 0 Å². The smallest absolute Gasteiger partial charge is 0.222 e. The summed E-state index contributed by atoms with van der Waals surface area (Å²) in [5.41, 5.74) is 2.99. The minimum absolute atomic E-state index is 0.0448. The molecular weight excluding hydrogens is 344 g/mol. The molecule has 3 rings (SSSR count). The molecule has 1 amide bonds. The van der Waals surface area contributed by atoms with Gasteiger partial charge in [0.2, 0.25) is 5.91 Å². The van der Waals surface area contributed by atoms with E-state index in [0.29, 0.717) is 26.1 Å². The number of hydrogen-bond donors (Lipinski definition) is 1. The minimum Gasteiger partial charge on any atom is -0.496 e. The lowest BCUT2D eigenvalue weighted by molar-refractivity contribution is -0.130. The lowest BCUT2D eigenvalue weighted by atomic mass is 10.0. The maximum Gasteiger partial charge on any atom is 0.222 e. The van der Waals surface area contributed by atoms with E-state index in [1.165, 1.54) is 6.33 Å². The van der Waals surface area contributed by atoms with Crippen molar-refractivity contribution in [1.82, 2.24) is 19.8 Å². The molecule has 1 aromatic carbocycles. The number of methoxy groups -OCH3 is 1. The second kappa shape index (κ2) is 8.45. The zero-order chi connectivity index (χ0) is 19.4. The molecule has 1 saturated heterocycles. The van der Waals surface area contributed by atoms with Crippen molar-refractivity contribution in [2.75, 3.05) is 34.3 Å². The number of carbonyl (C=O) groups is 1. The van der Waals surface area contributed by atoms with Gasteiger partial charge in [-0.1, -0.05) is 6.07 Å². The first-order valence-corrected chi connectivity index (χ1v) is 9.00. The number of hydrogen-bond acceptors (Lipinski definition) is 6. The van der Waals surface area contributed by atoms with Crippen molar-refractivity contribution in [2.24, 2.45) is 5.92 Å². The molecule has 0 bridgehead atoms. The van der Waals surface area contributed by atoms with E-state index in [2.05, 4.69) is 20.9 Å². The summed E-state index contributed by atoms with van der Waals surface area (Å²) < 4.78 is 5.51. The number of aliphatic hydroxyl groups excluding tert-OH is 1. The molecule has 1 aromatic heterocycles. The summed E-state index contributed by atoms with van der Waals surface area (Å²) in [5.74, 6) is 0.805. The fourth-order valence-electron chi connectivity index (χ4n) is 3.45. The Kier molecular flexibility index (Phi) is 6.03. The summed E-state index contributed by atoms with van der Waals surface area (Å²) in [6, 6.07) is 6.00. The lowest BCUT2D eigenvalue weighted by Gasteiger charge is -2.19. The van der Waals surface area contributed by atoms with E-state index in [1.54, 1.807) is 38.5 Å². The van der Waals surface area contributed by atoms with E-state index in [-0.39, 0.29) is 11.8 Å². The SMILES string of the molecule is COc1ccc(-c2cncnc2)cc1CN1C[C@@H](CC(=O)N(C)C)[C@H](O)C1. The third-order valence-corrected chi connectivity index (χ3v) is 4.99. The maximum absolute atomic E-state index is 12.0. The number of rotatable bonds is 6. The summed E-state index contributed by atoms with van der Waals surface area (Å²) in [4.78, 5) is 23.9. The highest BCUT2D eigenvalue weighted by atomic mass is 16.5. The summed E-state index contributed by atoms with van der Waals surface area (Å²) in [7, 11) is 5.14. The molecule has 7 heteroatoms. The van der Waals surface area contributed by atoms with Crippen LogP contribution in [0.4, 0.5) is 0 Å². The van der Waals surface area contributed by atoms with E-state index in [9.17, 15) is 9.90 Å². The van der Waals surface area contributed by atoms with Crippen LogP contribution >= 0.6 is 0 Å². The number of aromatic nitrogens is 2. The molecule has 1 fully saturated rings. The number of nitrogens with zero attached hydrogens (tertiary/aromatic N) is 4. The second-order valence-electron chi connectivity index (χ2n) is 7.17. The van der Waals surface area contributed by atoms with Gasteiger partial charge in [-0.25, -0.2) is 9.97 Å². The van der Waals surface area contributed by atoms with Gasteiger partial charge >= 0.3 is 0 Å². The third kappa shape index (κ3) is 4.61. The van der Waals surface area contributed by atoms with Gasteiger partial charge in [0.1, 0.15) is 12.1 Å². The number of β-amino-alcohol motifs (C(OH)–C–C–N with tert-alkyl or cyclic N) is 1. The van der Waals surface area contributed by atoms with E-state index in [0.717, 1.165) is 22.4 Å². The standard InChI is InChI=1S/C20H26N4O3/c1-23(2)20(26)7-15-10-24(12-18(15)25)11-16-6-14(4-5-19(16)27-3)17-8-21-13-22-9-17/h4-6,8-9,13,15,18,25H,7,10-12H2,1-3H3/t15-,18-/m1/s1. The second-order valence-corrected chi connectivity index (χ2v) is 7.17. The first-order chi connectivity index (χ1) is 13.0. The number of carbonyl (C=O) groups excluding carboxylic acids is 1. The Hall–Kier alpha value is -2.51. The highest BCUT2D eigenvalue weighted by Gasteiger charge is 2.33. The van der Waals surface area contributed by atoms with Crippen LogP contribution in [-0.2, 0) is 11.3 Å². The number of ether oxygens (including phenoxy) is 1. The molecule has 2 aromatic rings. The summed E-state index contributed by atoms with van der Waals surface area (Å²) in [6.07, 6.45) is 4.94. The van der Waals surface area contributed by atoms with Gasteiger partial charge in [0.25, 0.3) is 0 Å². The first kappa shape index (κ1) is 19.3. The number of amides is 1. The highest BCUT2D eigenvalue weighted by molar-refractivity contribution is 5.75. The van der Waals surface area contributed by atoms with Crippen LogP contribution < -0.4 is 4.74 Å². The molecule has 1 aliphatic heterocycles. The predicted molar refractivity (Wildman–Crippen MR) is 102 cm³/mol. The van der Waals surface area contributed by atoms with Crippen molar-refractivity contribution in [3.63, 3.8) is 0 Å². The van der Waals surface area contributed by atoms with Crippen molar-refractivity contribution < 1.29 is 14.6 Å². The van der Waals surface area contributed by atoms with Crippen molar-refractivity contribution >= 4 is 5.91 Å². The fourth-order valence-corrected chi connectivity index (χ4v) is 3.45. The van der Waals surface area contributed by atoms with E-state index in [1.807, 2.05) is 12.1 Å². The largest absolute Gasteiger partial charge is 0.496 e. The molecule has 27 heavy (non-hydrogen) atoms. The summed E-state index contributed by atoms with van der Waals surface area (Å²) >= 11 is 0. The van der Waals surface area contributed by atoms with Gasteiger partial charge in [-0.2, -0.15) is 0 Å². The molecule has 1 N–H and O–H groups in total. The van der Waals surface area contributed by atoms with Crippen LogP contribution in [-0.4, -0.2) is 71.2 Å². The summed E-state index contributed by atoms with van der Waals surface area (Å²) in [6.45, 7) is 1.88. The highest BCUT2D eigenvalue weighted by Crippen LogP contribution is 2.29. The Bertz CT molecular complexity index is 782. The van der Waals surface area contributed by atoms with Crippen molar-refractivity contribution in [2.45, 2.75) is 19.1 Å². The molecule has 144 valence electrons. The molecule has 0 spiro atoms. The molecule has 0 unspecified atom stereocenters. The van der Waals surface area contributed by atoms with Crippen LogP contribution in [0.25, 0.3) is 11.1 Å². The average Bonchev–Trinajstić information content (AvgIpc) is 3.01. The van der Waals surface area contributed by atoms with Gasteiger partial charge < -0.3 is 14.7 Å². The zero-order valence-electron chi connectivity index (χ0n) is 16.0. The molecular formula is C20H26N4O3. The molecule has 2 heterocycles. The predicted octanol–water partition coefficient (Wildman–Crippen LogP) is 1.42. The molecule has 2 atom stereocenters. The fraction of sp³-hybridized carbons (Fsp3) is 0.450. The zero-order valence-corrected chi connectivity index (χ0v) is 16.0. The van der Waals surface area contributed by atoms with Crippen molar-refractivity contribution in [1.29, 1.82) is 0 Å². The van der Waals surface area contributed by atoms with Crippen LogP contribution in [0.3, 0.4) is 0 Å². The van der Waals surface area contributed by atoms with Gasteiger partial charge in [-0.05, 0) is 17.7 Å². The Morgan fingerprint density at radius 1 is 1.26 bits per heavy atom. The normalized spacial score (nSPS) is 19.9. The van der Waals surface area contributed by atoms with Crippen LogP contribution in [0, 0.1) is 5.92 Å². The Balaban J connectivity index is 1.74. The van der Waals surface area contributed by atoms with Crippen LogP contribution in [0.1, 0.15) is 12.0 Å². The Morgan fingerprint density at radius 2 is 2.00 bits per heavy atom. The minimum atomic E-state index is -0.495. The van der Waals surface area contributed by atoms with Gasteiger partial charge in [0.05, 0.1) is 13.2 Å². The first-order valence-electron chi connectivity index (χ1n) is 9.00. The Morgan fingerprint density at radius 3 is 2.67 bits per heavy atom. The molecule has 7 nitrogen and oxygen atoms in total. The quantitative estimate of drug-likeness (QED) is 0.829. The molecule has 1 aliphatic rings. The third-order valence-electron chi connectivity index (χ3n) is 4.99. The van der Waals surface area contributed by atoms with Crippen LogP contribution in [0.15, 0.2) is 36.9 Å². The van der Waals surface area contributed by atoms with E-state index < -0.39 is 6.10 Å². The van der Waals surface area contributed by atoms with Crippen LogP contribution in [0.5, 0.6) is 5.75 Å². The van der Waals surface area contributed by atoms with Crippen molar-refractivity contribution in [3.8, 4) is 16.9 Å². The number of benzene rings is 1. The summed E-state index contributed by atoms with van der Waals surface area (Å²) in [5, 5.41) is 10.4. The average molecular weight is 370 g/mol. The lowest BCUT2D eigenvalue weighted by Crippen LogP contribution is -2.28. The van der Waals surface area contributed by atoms with E-state index in [4.69, 9.17) is 4.74 Å². The number of likely N-dealkylation sites (tertiary alicyclic amines) is 1. The van der Waals surface area contributed by atoms with Gasteiger partial charge in [0, 0.05) is 69.6 Å². The number of aliphatic hydroxyl groups is 1. The van der Waals surface area contributed by atoms with E-state index >= 15 is 0 Å². The topological polar surface area (TPSA) is 78.8 Å². The molecule has 0 aliphatic carbocycles. The van der Waals surface area contributed by atoms with Gasteiger partial charge in [0.15, 0.2) is 0 Å². The van der Waals surface area contributed by atoms with Crippen molar-refractivity contribution in [3.05, 3.63) is 42.5 Å². The molecule has 0 saturated carbocycles. The van der Waals surface area contributed by atoms with Gasteiger partial charge in [-0.15, -0.1) is 0 Å². The Labute approximate surface area is 159 Å².